The van der Waals surface area contributed by atoms with Crippen LogP contribution >= 0.6 is 11.8 Å². The second-order valence-electron chi connectivity index (χ2n) is 5.17. The van der Waals surface area contributed by atoms with Crippen molar-refractivity contribution in [3.05, 3.63) is 48.0 Å². The van der Waals surface area contributed by atoms with Gasteiger partial charge in [0.25, 0.3) is 0 Å². The Morgan fingerprint density at radius 3 is 2.63 bits per heavy atom. The summed E-state index contributed by atoms with van der Waals surface area (Å²) in [5.74, 6) is 0.896. The molecule has 0 bridgehead atoms. The van der Waals surface area contributed by atoms with Crippen LogP contribution in [0.1, 0.15) is 36.0 Å². The van der Waals surface area contributed by atoms with Crippen molar-refractivity contribution in [3.63, 3.8) is 0 Å². The molecule has 0 amide bonds. The van der Waals surface area contributed by atoms with Crippen LogP contribution < -0.4 is 0 Å². The SMILES string of the molecule is O=C(CSC1CCCC1)c1cccc2ccccc12. The smallest absolute Gasteiger partial charge is 0.173 e. The van der Waals surface area contributed by atoms with Crippen molar-refractivity contribution in [2.45, 2.75) is 30.9 Å². The molecule has 1 aliphatic carbocycles. The van der Waals surface area contributed by atoms with Crippen LogP contribution in [0.4, 0.5) is 0 Å². The molecule has 0 N–H and O–H groups in total. The third-order valence-corrected chi connectivity index (χ3v) is 5.21. The summed E-state index contributed by atoms with van der Waals surface area (Å²) in [6.45, 7) is 0. The topological polar surface area (TPSA) is 17.1 Å². The van der Waals surface area contributed by atoms with Crippen molar-refractivity contribution in [2.75, 3.05) is 5.75 Å². The second kappa shape index (κ2) is 5.79. The van der Waals surface area contributed by atoms with E-state index in [4.69, 9.17) is 0 Å². The molecule has 1 fully saturated rings. The Bertz CT molecular complexity index is 579. The Labute approximate surface area is 118 Å². The highest BCUT2D eigenvalue weighted by Crippen LogP contribution is 2.30. The van der Waals surface area contributed by atoms with Crippen molar-refractivity contribution in [3.8, 4) is 0 Å². The number of benzene rings is 2. The van der Waals surface area contributed by atoms with Crippen LogP contribution in [0.3, 0.4) is 0 Å². The summed E-state index contributed by atoms with van der Waals surface area (Å²) < 4.78 is 0. The molecule has 0 unspecified atom stereocenters. The number of thioether (sulfide) groups is 1. The van der Waals surface area contributed by atoms with Gasteiger partial charge in [-0.05, 0) is 23.6 Å². The maximum atomic E-state index is 12.4. The maximum absolute atomic E-state index is 12.4. The lowest BCUT2D eigenvalue weighted by Crippen LogP contribution is -2.07. The number of carbonyl (C=O) groups excluding carboxylic acids is 1. The Morgan fingerprint density at radius 2 is 1.79 bits per heavy atom. The molecule has 1 saturated carbocycles. The minimum atomic E-state index is 0.272. The standard InChI is InChI=1S/C17H18OS/c18-17(12-19-14-8-2-3-9-14)16-11-5-7-13-6-1-4-10-15(13)16/h1,4-7,10-11,14H,2-3,8-9,12H2. The van der Waals surface area contributed by atoms with Gasteiger partial charge in [0.15, 0.2) is 5.78 Å². The van der Waals surface area contributed by atoms with Gasteiger partial charge in [0.05, 0.1) is 5.75 Å². The zero-order valence-electron chi connectivity index (χ0n) is 11.0. The molecule has 0 radical (unpaired) electrons. The maximum Gasteiger partial charge on any atom is 0.173 e. The Morgan fingerprint density at radius 1 is 1.05 bits per heavy atom. The summed E-state index contributed by atoms with van der Waals surface area (Å²) in [6.07, 6.45) is 5.24. The van der Waals surface area contributed by atoms with Crippen LogP contribution in [0.15, 0.2) is 42.5 Å². The number of carbonyl (C=O) groups is 1. The molecule has 2 heteroatoms. The first-order chi connectivity index (χ1) is 9.34. The minimum absolute atomic E-state index is 0.272. The number of ketones is 1. The molecule has 19 heavy (non-hydrogen) atoms. The van der Waals surface area contributed by atoms with E-state index in [1.54, 1.807) is 0 Å². The van der Waals surface area contributed by atoms with E-state index in [0.29, 0.717) is 11.0 Å². The summed E-state index contributed by atoms with van der Waals surface area (Å²) >= 11 is 1.85. The summed E-state index contributed by atoms with van der Waals surface area (Å²) in [5, 5.41) is 2.94. The lowest BCUT2D eigenvalue weighted by molar-refractivity contribution is 0.102. The number of hydrogen-bond donors (Lipinski definition) is 0. The van der Waals surface area contributed by atoms with Crippen LogP contribution in [0, 0.1) is 0 Å². The van der Waals surface area contributed by atoms with E-state index in [-0.39, 0.29) is 5.78 Å². The molecule has 2 aromatic carbocycles. The molecule has 0 saturated heterocycles. The van der Waals surface area contributed by atoms with Gasteiger partial charge in [-0.2, -0.15) is 11.8 Å². The van der Waals surface area contributed by atoms with Gasteiger partial charge in [0, 0.05) is 10.8 Å². The zero-order valence-corrected chi connectivity index (χ0v) is 11.8. The Kier molecular flexibility index (Phi) is 3.88. The molecule has 3 rings (SSSR count). The molecule has 2 aromatic rings. The third kappa shape index (κ3) is 2.84. The average molecular weight is 270 g/mol. The number of fused-ring (bicyclic) bond motifs is 1. The third-order valence-electron chi connectivity index (χ3n) is 3.84. The van der Waals surface area contributed by atoms with Gasteiger partial charge in [-0.25, -0.2) is 0 Å². The number of hydrogen-bond acceptors (Lipinski definition) is 2. The first kappa shape index (κ1) is 12.7. The fourth-order valence-electron chi connectivity index (χ4n) is 2.79. The van der Waals surface area contributed by atoms with E-state index in [2.05, 4.69) is 12.1 Å². The van der Waals surface area contributed by atoms with Crippen molar-refractivity contribution >= 4 is 28.3 Å². The summed E-state index contributed by atoms with van der Waals surface area (Å²) in [7, 11) is 0. The van der Waals surface area contributed by atoms with Crippen molar-refractivity contribution in [1.82, 2.24) is 0 Å². The molecular formula is C17H18OS. The van der Waals surface area contributed by atoms with Gasteiger partial charge < -0.3 is 0 Å². The summed E-state index contributed by atoms with van der Waals surface area (Å²) in [5.41, 5.74) is 0.878. The zero-order chi connectivity index (χ0) is 13.1. The lowest BCUT2D eigenvalue weighted by Gasteiger charge is -2.09. The fourth-order valence-corrected chi connectivity index (χ4v) is 4.00. The van der Waals surface area contributed by atoms with Crippen molar-refractivity contribution in [2.24, 2.45) is 0 Å². The highest BCUT2D eigenvalue weighted by atomic mass is 32.2. The van der Waals surface area contributed by atoms with E-state index < -0.39 is 0 Å². The first-order valence-electron chi connectivity index (χ1n) is 6.97. The Hall–Kier alpha value is -1.28. The van der Waals surface area contributed by atoms with Crippen LogP contribution in [-0.2, 0) is 0 Å². The van der Waals surface area contributed by atoms with E-state index in [9.17, 15) is 4.79 Å². The largest absolute Gasteiger partial charge is 0.293 e. The number of rotatable bonds is 4. The van der Waals surface area contributed by atoms with Gasteiger partial charge in [-0.15, -0.1) is 0 Å². The van der Waals surface area contributed by atoms with Gasteiger partial charge >= 0.3 is 0 Å². The van der Waals surface area contributed by atoms with E-state index >= 15 is 0 Å². The van der Waals surface area contributed by atoms with Crippen LogP contribution in [0.2, 0.25) is 0 Å². The minimum Gasteiger partial charge on any atom is -0.293 e. The van der Waals surface area contributed by atoms with Gasteiger partial charge in [-0.1, -0.05) is 55.3 Å². The number of Topliss-reactive ketones (excluding diaryl/α,β-unsaturated/α-hetero) is 1. The fraction of sp³-hybridized carbons (Fsp3) is 0.353. The van der Waals surface area contributed by atoms with Crippen molar-refractivity contribution < 1.29 is 4.79 Å². The molecule has 0 aromatic heterocycles. The molecule has 1 aliphatic rings. The summed E-state index contributed by atoms with van der Waals surface area (Å²) in [6, 6.07) is 14.1. The predicted octanol–water partition coefficient (Wildman–Crippen LogP) is 4.70. The van der Waals surface area contributed by atoms with Crippen LogP contribution in [0.25, 0.3) is 10.8 Å². The van der Waals surface area contributed by atoms with Gasteiger partial charge in [0.2, 0.25) is 0 Å². The highest BCUT2D eigenvalue weighted by Gasteiger charge is 2.18. The van der Waals surface area contributed by atoms with Crippen LogP contribution in [-0.4, -0.2) is 16.8 Å². The first-order valence-corrected chi connectivity index (χ1v) is 8.02. The molecular weight excluding hydrogens is 252 g/mol. The van der Waals surface area contributed by atoms with E-state index in [1.165, 1.54) is 25.7 Å². The Balaban J connectivity index is 1.77. The van der Waals surface area contributed by atoms with Crippen molar-refractivity contribution in [1.29, 1.82) is 0 Å². The van der Waals surface area contributed by atoms with Gasteiger partial charge in [-0.3, -0.25) is 4.79 Å². The van der Waals surface area contributed by atoms with Gasteiger partial charge in [0.1, 0.15) is 0 Å². The molecule has 1 nitrogen and oxygen atoms in total. The average Bonchev–Trinajstić information content (AvgIpc) is 2.97. The monoisotopic (exact) mass is 270 g/mol. The van der Waals surface area contributed by atoms with Crippen LogP contribution in [0.5, 0.6) is 0 Å². The predicted molar refractivity (Wildman–Crippen MR) is 83.0 cm³/mol. The van der Waals surface area contributed by atoms with E-state index in [0.717, 1.165) is 16.3 Å². The molecule has 0 heterocycles. The molecule has 0 spiro atoms. The normalized spacial score (nSPS) is 16.0. The molecule has 98 valence electrons. The summed E-state index contributed by atoms with van der Waals surface area (Å²) in [4.78, 5) is 12.4. The quantitative estimate of drug-likeness (QED) is 0.749. The second-order valence-corrected chi connectivity index (χ2v) is 6.46. The highest BCUT2D eigenvalue weighted by molar-refractivity contribution is 8.00. The molecule has 0 aliphatic heterocycles. The van der Waals surface area contributed by atoms with E-state index in [1.807, 2.05) is 42.1 Å². The lowest BCUT2D eigenvalue weighted by atomic mass is 10.0. The molecule has 0 atom stereocenters.